The summed E-state index contributed by atoms with van der Waals surface area (Å²) in [6, 6.07) is 2.15. The van der Waals surface area contributed by atoms with Gasteiger partial charge < -0.3 is 9.47 Å². The molecule has 6 nitrogen and oxygen atoms in total. The Balaban J connectivity index is 1.46. The molecule has 110 valence electrons. The first-order valence-electron chi connectivity index (χ1n) is 7.46. The molecule has 1 aliphatic carbocycles. The zero-order chi connectivity index (χ0) is 14.1. The zero-order valence-electron chi connectivity index (χ0n) is 11.8. The molecular weight excluding hydrogens is 268 g/mol. The van der Waals surface area contributed by atoms with Crippen LogP contribution in [0.25, 0.3) is 0 Å². The van der Waals surface area contributed by atoms with Crippen LogP contribution in [0, 0.1) is 5.92 Å². The van der Waals surface area contributed by atoms with Crippen molar-refractivity contribution in [2.45, 2.75) is 31.9 Å². The van der Waals surface area contributed by atoms with Gasteiger partial charge in [0.1, 0.15) is 12.7 Å². The van der Waals surface area contributed by atoms with Gasteiger partial charge in [0.05, 0.1) is 12.3 Å². The molecule has 0 spiro atoms. The summed E-state index contributed by atoms with van der Waals surface area (Å²) in [5, 5.41) is 4.70. The van der Waals surface area contributed by atoms with Crippen LogP contribution in [-0.2, 0) is 17.7 Å². The van der Waals surface area contributed by atoms with E-state index in [4.69, 9.17) is 14.6 Å². The van der Waals surface area contributed by atoms with Crippen molar-refractivity contribution in [2.24, 2.45) is 5.92 Å². The van der Waals surface area contributed by atoms with E-state index in [0.717, 1.165) is 24.6 Å². The SMILES string of the molecule is c1cnc(OC[C@H]2OCCc3cn(CC4CC4)nc32)nc1. The Hall–Kier alpha value is -1.95. The predicted octanol–water partition coefficient (Wildman–Crippen LogP) is 1.78. The van der Waals surface area contributed by atoms with Crippen molar-refractivity contribution in [3.63, 3.8) is 0 Å². The predicted molar refractivity (Wildman–Crippen MR) is 74.9 cm³/mol. The second kappa shape index (κ2) is 5.44. The summed E-state index contributed by atoms with van der Waals surface area (Å²) >= 11 is 0. The molecule has 2 aliphatic rings. The number of nitrogens with zero attached hydrogens (tertiary/aromatic N) is 4. The fourth-order valence-electron chi connectivity index (χ4n) is 2.63. The molecule has 4 rings (SSSR count). The minimum Gasteiger partial charge on any atom is -0.460 e. The van der Waals surface area contributed by atoms with Gasteiger partial charge in [-0.15, -0.1) is 0 Å². The monoisotopic (exact) mass is 286 g/mol. The van der Waals surface area contributed by atoms with E-state index in [1.54, 1.807) is 18.5 Å². The van der Waals surface area contributed by atoms with E-state index in [0.29, 0.717) is 19.2 Å². The molecule has 21 heavy (non-hydrogen) atoms. The Labute approximate surface area is 123 Å². The highest BCUT2D eigenvalue weighted by Crippen LogP contribution is 2.32. The van der Waals surface area contributed by atoms with E-state index >= 15 is 0 Å². The highest BCUT2D eigenvalue weighted by atomic mass is 16.5. The van der Waals surface area contributed by atoms with Gasteiger partial charge in [0, 0.05) is 25.1 Å². The maximum Gasteiger partial charge on any atom is 0.316 e. The molecule has 2 aromatic rings. The van der Waals surface area contributed by atoms with E-state index in [9.17, 15) is 0 Å². The molecule has 6 heteroatoms. The highest BCUT2D eigenvalue weighted by Gasteiger charge is 2.28. The van der Waals surface area contributed by atoms with Gasteiger partial charge in [-0.3, -0.25) is 4.68 Å². The Morgan fingerprint density at radius 1 is 1.29 bits per heavy atom. The van der Waals surface area contributed by atoms with Crippen LogP contribution < -0.4 is 4.74 Å². The van der Waals surface area contributed by atoms with Crippen LogP contribution in [-0.4, -0.2) is 33.0 Å². The molecule has 0 N–H and O–H groups in total. The van der Waals surface area contributed by atoms with E-state index in [1.807, 2.05) is 0 Å². The molecule has 1 atom stereocenters. The number of aromatic nitrogens is 4. The molecule has 0 amide bonds. The summed E-state index contributed by atoms with van der Waals surface area (Å²) in [4.78, 5) is 8.11. The Kier molecular flexibility index (Phi) is 3.31. The van der Waals surface area contributed by atoms with Gasteiger partial charge in [0.15, 0.2) is 0 Å². The molecule has 1 aliphatic heterocycles. The molecule has 1 saturated carbocycles. The second-order valence-electron chi connectivity index (χ2n) is 5.66. The van der Waals surface area contributed by atoms with Crippen molar-refractivity contribution < 1.29 is 9.47 Å². The average molecular weight is 286 g/mol. The van der Waals surface area contributed by atoms with Crippen LogP contribution >= 0.6 is 0 Å². The first kappa shape index (κ1) is 12.8. The van der Waals surface area contributed by atoms with E-state index in [2.05, 4.69) is 20.8 Å². The van der Waals surface area contributed by atoms with E-state index < -0.39 is 0 Å². The van der Waals surface area contributed by atoms with Crippen LogP contribution in [0.5, 0.6) is 6.01 Å². The van der Waals surface area contributed by atoms with E-state index in [-0.39, 0.29) is 6.10 Å². The van der Waals surface area contributed by atoms with Crippen molar-refractivity contribution in [3.8, 4) is 6.01 Å². The summed E-state index contributed by atoms with van der Waals surface area (Å²) in [7, 11) is 0. The third-order valence-electron chi connectivity index (χ3n) is 3.91. The van der Waals surface area contributed by atoms with Crippen molar-refractivity contribution in [3.05, 3.63) is 35.9 Å². The molecule has 0 saturated heterocycles. The van der Waals surface area contributed by atoms with Gasteiger partial charge >= 0.3 is 6.01 Å². The summed E-state index contributed by atoms with van der Waals surface area (Å²) in [5.41, 5.74) is 2.29. The van der Waals surface area contributed by atoms with Crippen LogP contribution in [0.2, 0.25) is 0 Å². The first-order valence-corrected chi connectivity index (χ1v) is 7.46. The zero-order valence-corrected chi connectivity index (χ0v) is 11.8. The summed E-state index contributed by atoms with van der Waals surface area (Å²) < 4.78 is 13.5. The Morgan fingerprint density at radius 3 is 2.95 bits per heavy atom. The summed E-state index contributed by atoms with van der Waals surface area (Å²) in [5.74, 6) is 0.819. The molecule has 0 bridgehead atoms. The maximum atomic E-state index is 5.80. The minimum atomic E-state index is -0.127. The van der Waals surface area contributed by atoms with Crippen LogP contribution in [0.3, 0.4) is 0 Å². The van der Waals surface area contributed by atoms with Gasteiger partial charge in [-0.1, -0.05) is 0 Å². The fraction of sp³-hybridized carbons (Fsp3) is 0.533. The van der Waals surface area contributed by atoms with Gasteiger partial charge in [-0.25, -0.2) is 9.97 Å². The number of hydrogen-bond donors (Lipinski definition) is 0. The van der Waals surface area contributed by atoms with Crippen LogP contribution in [0.4, 0.5) is 0 Å². The normalized spacial score (nSPS) is 21.0. The quantitative estimate of drug-likeness (QED) is 0.838. The van der Waals surface area contributed by atoms with Crippen molar-refractivity contribution >= 4 is 0 Å². The molecule has 1 fully saturated rings. The third kappa shape index (κ3) is 2.90. The molecule has 2 aromatic heterocycles. The van der Waals surface area contributed by atoms with Gasteiger partial charge in [-0.05, 0) is 36.8 Å². The Bertz CT molecular complexity index is 609. The van der Waals surface area contributed by atoms with Crippen molar-refractivity contribution in [1.82, 2.24) is 19.7 Å². The van der Waals surface area contributed by atoms with Gasteiger partial charge in [-0.2, -0.15) is 5.10 Å². The lowest BCUT2D eigenvalue weighted by atomic mass is 10.1. The smallest absolute Gasteiger partial charge is 0.316 e. The lowest BCUT2D eigenvalue weighted by Crippen LogP contribution is -2.22. The van der Waals surface area contributed by atoms with Gasteiger partial charge in [0.25, 0.3) is 0 Å². The largest absolute Gasteiger partial charge is 0.460 e. The molecular formula is C15H18N4O2. The summed E-state index contributed by atoms with van der Waals surface area (Å²) in [6.07, 6.45) is 8.97. The fourth-order valence-corrected chi connectivity index (χ4v) is 2.63. The number of rotatable bonds is 5. The van der Waals surface area contributed by atoms with Crippen molar-refractivity contribution in [1.29, 1.82) is 0 Å². The Morgan fingerprint density at radius 2 is 2.14 bits per heavy atom. The highest BCUT2D eigenvalue weighted by molar-refractivity contribution is 5.22. The number of hydrogen-bond acceptors (Lipinski definition) is 5. The molecule has 0 unspecified atom stereocenters. The van der Waals surface area contributed by atoms with Gasteiger partial charge in [0.2, 0.25) is 0 Å². The van der Waals surface area contributed by atoms with E-state index in [1.165, 1.54) is 18.4 Å². The van der Waals surface area contributed by atoms with Crippen LogP contribution in [0.15, 0.2) is 24.7 Å². The lowest BCUT2D eigenvalue weighted by Gasteiger charge is -2.21. The first-order chi connectivity index (χ1) is 10.4. The van der Waals surface area contributed by atoms with Crippen LogP contribution in [0.1, 0.15) is 30.2 Å². The number of fused-ring (bicyclic) bond motifs is 1. The number of ether oxygens (including phenoxy) is 2. The average Bonchev–Trinajstić information content (AvgIpc) is 3.23. The maximum absolute atomic E-state index is 5.80. The van der Waals surface area contributed by atoms with Crippen molar-refractivity contribution in [2.75, 3.05) is 13.2 Å². The minimum absolute atomic E-state index is 0.127. The molecule has 0 aromatic carbocycles. The molecule has 3 heterocycles. The molecule has 0 radical (unpaired) electrons. The topological polar surface area (TPSA) is 62.1 Å². The summed E-state index contributed by atoms with van der Waals surface area (Å²) in [6.45, 7) is 2.14. The lowest BCUT2D eigenvalue weighted by molar-refractivity contribution is 0.00516. The second-order valence-corrected chi connectivity index (χ2v) is 5.66. The standard InChI is InChI=1S/C15H18N4O2/c1-5-16-15(17-6-1)21-10-13-14-12(4-7-20-13)9-19(18-14)8-11-2-3-11/h1,5-6,9,11,13H,2-4,7-8,10H2/t13-/m1/s1. The third-order valence-corrected chi connectivity index (χ3v) is 3.91.